The summed E-state index contributed by atoms with van der Waals surface area (Å²) in [5.41, 5.74) is 2.19. The van der Waals surface area contributed by atoms with Gasteiger partial charge in [0.05, 0.1) is 5.69 Å². The summed E-state index contributed by atoms with van der Waals surface area (Å²) in [4.78, 5) is 24.7. The zero-order valence-electron chi connectivity index (χ0n) is 13.4. The molecule has 7 heteroatoms. The number of rotatable bonds is 6. The lowest BCUT2D eigenvalue weighted by atomic mass is 10.2. The Hall–Kier alpha value is -2.60. The van der Waals surface area contributed by atoms with E-state index in [-0.39, 0.29) is 13.1 Å². The van der Waals surface area contributed by atoms with Crippen molar-refractivity contribution in [2.75, 3.05) is 6.54 Å². The molecule has 1 aromatic carbocycles. The van der Waals surface area contributed by atoms with Crippen molar-refractivity contribution in [1.82, 2.24) is 14.7 Å². The van der Waals surface area contributed by atoms with Crippen LogP contribution in [0.2, 0.25) is 5.15 Å². The lowest BCUT2D eigenvalue weighted by Gasteiger charge is -2.19. The molecule has 1 amide bonds. The van der Waals surface area contributed by atoms with Crippen molar-refractivity contribution in [3.05, 3.63) is 58.4 Å². The number of benzene rings is 1. The summed E-state index contributed by atoms with van der Waals surface area (Å²) in [6.07, 6.45) is 2.88. The van der Waals surface area contributed by atoms with Crippen LogP contribution in [0, 0.1) is 6.92 Å². The summed E-state index contributed by atoms with van der Waals surface area (Å²) in [5, 5.41) is 13.6. The summed E-state index contributed by atoms with van der Waals surface area (Å²) in [6, 6.07) is 9.22. The number of carbonyl (C=O) groups excluding carboxylic acids is 1. The van der Waals surface area contributed by atoms with Crippen molar-refractivity contribution in [1.29, 1.82) is 0 Å². The van der Waals surface area contributed by atoms with E-state index in [1.54, 1.807) is 20.0 Å². The van der Waals surface area contributed by atoms with Gasteiger partial charge in [-0.05, 0) is 18.6 Å². The molecule has 1 aromatic heterocycles. The first-order chi connectivity index (χ1) is 11.4. The Kier molecular flexibility index (Phi) is 5.76. The second-order valence-electron chi connectivity index (χ2n) is 5.32. The molecule has 0 aliphatic heterocycles. The Morgan fingerprint density at radius 1 is 1.33 bits per heavy atom. The van der Waals surface area contributed by atoms with Crippen LogP contribution in [-0.4, -0.2) is 38.2 Å². The number of aromatic nitrogens is 2. The fraction of sp³-hybridized carbons (Fsp3) is 0.235. The maximum absolute atomic E-state index is 12.4. The number of carboxylic acids is 1. The Balaban J connectivity index is 2.18. The minimum atomic E-state index is -1.07. The number of amides is 1. The highest BCUT2D eigenvalue weighted by Crippen LogP contribution is 2.20. The minimum Gasteiger partial charge on any atom is -0.480 e. The van der Waals surface area contributed by atoms with Gasteiger partial charge < -0.3 is 10.0 Å². The van der Waals surface area contributed by atoms with Crippen molar-refractivity contribution in [2.45, 2.75) is 13.5 Å². The topological polar surface area (TPSA) is 75.4 Å². The van der Waals surface area contributed by atoms with E-state index in [2.05, 4.69) is 5.10 Å². The van der Waals surface area contributed by atoms with Crippen molar-refractivity contribution in [3.63, 3.8) is 0 Å². The normalized spacial score (nSPS) is 11.0. The van der Waals surface area contributed by atoms with E-state index in [4.69, 9.17) is 16.7 Å². The molecular formula is C17H18ClN3O3. The molecule has 0 fully saturated rings. The van der Waals surface area contributed by atoms with Crippen LogP contribution in [0.25, 0.3) is 6.08 Å². The van der Waals surface area contributed by atoms with E-state index in [1.165, 1.54) is 15.7 Å². The molecule has 0 unspecified atom stereocenters. The third-order valence-corrected chi connectivity index (χ3v) is 3.89. The first kappa shape index (κ1) is 17.7. The molecule has 0 aliphatic rings. The Labute approximate surface area is 145 Å². The third-order valence-electron chi connectivity index (χ3n) is 3.44. The molecule has 1 N–H and O–H groups in total. The van der Waals surface area contributed by atoms with Gasteiger partial charge in [0.25, 0.3) is 0 Å². The summed E-state index contributed by atoms with van der Waals surface area (Å²) in [6.45, 7) is 1.63. The van der Waals surface area contributed by atoms with Crippen LogP contribution in [0.3, 0.4) is 0 Å². The molecule has 1 heterocycles. The fourth-order valence-corrected chi connectivity index (χ4v) is 2.51. The average Bonchev–Trinajstić information content (AvgIpc) is 2.78. The average molecular weight is 348 g/mol. The number of hydrogen-bond acceptors (Lipinski definition) is 3. The van der Waals surface area contributed by atoms with Gasteiger partial charge >= 0.3 is 5.97 Å². The number of nitrogens with zero attached hydrogens (tertiary/aromatic N) is 3. The van der Waals surface area contributed by atoms with Crippen molar-refractivity contribution < 1.29 is 14.7 Å². The van der Waals surface area contributed by atoms with Crippen LogP contribution < -0.4 is 0 Å². The molecular weight excluding hydrogens is 330 g/mol. The van der Waals surface area contributed by atoms with Gasteiger partial charge in [0.15, 0.2) is 0 Å². The maximum Gasteiger partial charge on any atom is 0.323 e. The van der Waals surface area contributed by atoms with E-state index in [0.29, 0.717) is 16.4 Å². The second-order valence-corrected chi connectivity index (χ2v) is 5.68. The van der Waals surface area contributed by atoms with Gasteiger partial charge in [0.1, 0.15) is 11.7 Å². The maximum atomic E-state index is 12.4. The third kappa shape index (κ3) is 4.45. The molecule has 0 saturated carbocycles. The van der Waals surface area contributed by atoms with Crippen molar-refractivity contribution >= 4 is 29.6 Å². The number of halogens is 1. The van der Waals surface area contributed by atoms with E-state index in [9.17, 15) is 9.59 Å². The van der Waals surface area contributed by atoms with E-state index in [0.717, 1.165) is 5.56 Å². The molecule has 24 heavy (non-hydrogen) atoms. The molecule has 0 atom stereocenters. The summed E-state index contributed by atoms with van der Waals surface area (Å²) in [7, 11) is 1.71. The van der Waals surface area contributed by atoms with E-state index in [1.807, 2.05) is 30.3 Å². The van der Waals surface area contributed by atoms with Gasteiger partial charge in [-0.3, -0.25) is 14.3 Å². The van der Waals surface area contributed by atoms with Gasteiger partial charge in [-0.1, -0.05) is 41.9 Å². The quantitative estimate of drug-likeness (QED) is 0.815. The predicted molar refractivity (Wildman–Crippen MR) is 91.5 cm³/mol. The van der Waals surface area contributed by atoms with Crippen LogP contribution in [0.5, 0.6) is 0 Å². The van der Waals surface area contributed by atoms with Crippen LogP contribution in [-0.2, 0) is 23.2 Å². The van der Waals surface area contributed by atoms with E-state index < -0.39 is 11.9 Å². The largest absolute Gasteiger partial charge is 0.480 e. The monoisotopic (exact) mass is 347 g/mol. The van der Waals surface area contributed by atoms with Crippen LogP contribution in [0.1, 0.15) is 16.8 Å². The number of aliphatic carboxylic acids is 1. The highest BCUT2D eigenvalue weighted by molar-refractivity contribution is 6.31. The zero-order valence-corrected chi connectivity index (χ0v) is 14.2. The predicted octanol–water partition coefficient (Wildman–Crippen LogP) is 2.51. The van der Waals surface area contributed by atoms with Gasteiger partial charge in [-0.2, -0.15) is 5.10 Å². The van der Waals surface area contributed by atoms with Gasteiger partial charge in [0, 0.05) is 25.2 Å². The number of carbonyl (C=O) groups is 2. The van der Waals surface area contributed by atoms with Gasteiger partial charge in [0.2, 0.25) is 5.91 Å². The van der Waals surface area contributed by atoms with Crippen molar-refractivity contribution in [3.8, 4) is 0 Å². The van der Waals surface area contributed by atoms with Crippen LogP contribution >= 0.6 is 11.6 Å². The minimum absolute atomic E-state index is 0.218. The van der Waals surface area contributed by atoms with Gasteiger partial charge in [-0.15, -0.1) is 0 Å². The zero-order chi connectivity index (χ0) is 17.7. The Morgan fingerprint density at radius 2 is 2.00 bits per heavy atom. The standard InChI is InChI=1S/C17H18ClN3O3/c1-12-14(17(18)20(2)19-12)8-9-15(22)21(11-16(23)24)10-13-6-4-3-5-7-13/h3-9H,10-11H2,1-2H3,(H,23,24). The molecule has 0 aliphatic carbocycles. The molecule has 0 spiro atoms. The smallest absolute Gasteiger partial charge is 0.323 e. The lowest BCUT2D eigenvalue weighted by molar-refractivity contribution is -0.143. The van der Waals surface area contributed by atoms with Crippen molar-refractivity contribution in [2.24, 2.45) is 7.05 Å². The van der Waals surface area contributed by atoms with Gasteiger partial charge in [-0.25, -0.2) is 0 Å². The van der Waals surface area contributed by atoms with Crippen LogP contribution in [0.4, 0.5) is 0 Å². The SMILES string of the molecule is Cc1nn(C)c(Cl)c1C=CC(=O)N(CC(=O)O)Cc1ccccc1. The molecule has 0 saturated heterocycles. The first-order valence-corrected chi connectivity index (χ1v) is 7.68. The summed E-state index contributed by atoms with van der Waals surface area (Å²) >= 11 is 6.12. The highest BCUT2D eigenvalue weighted by atomic mass is 35.5. The molecule has 126 valence electrons. The second kappa shape index (κ2) is 7.79. The number of carboxylic acid groups (broad SMARTS) is 1. The Bertz CT molecular complexity index is 769. The van der Waals surface area contributed by atoms with E-state index >= 15 is 0 Å². The first-order valence-electron chi connectivity index (χ1n) is 7.30. The molecule has 0 radical (unpaired) electrons. The summed E-state index contributed by atoms with van der Waals surface area (Å²) in [5.74, 6) is -1.47. The molecule has 2 aromatic rings. The molecule has 0 bridgehead atoms. The number of hydrogen-bond donors (Lipinski definition) is 1. The fourth-order valence-electron chi connectivity index (χ4n) is 2.27. The number of aryl methyl sites for hydroxylation is 2. The summed E-state index contributed by atoms with van der Waals surface area (Å²) < 4.78 is 1.51. The van der Waals surface area contributed by atoms with Crippen LogP contribution in [0.15, 0.2) is 36.4 Å². The highest BCUT2D eigenvalue weighted by Gasteiger charge is 2.16. The Morgan fingerprint density at radius 3 is 2.54 bits per heavy atom. The molecule has 2 rings (SSSR count). The molecule has 6 nitrogen and oxygen atoms in total. The lowest BCUT2D eigenvalue weighted by Crippen LogP contribution is -2.33.